The third-order valence-corrected chi connectivity index (χ3v) is 5.46. The van der Waals surface area contributed by atoms with E-state index in [1.807, 2.05) is 27.9 Å². The Kier molecular flexibility index (Phi) is 6.15. The van der Waals surface area contributed by atoms with E-state index in [2.05, 4.69) is 9.88 Å². The summed E-state index contributed by atoms with van der Waals surface area (Å²) in [7, 11) is 4.05. The molecule has 1 atom stereocenters. The van der Waals surface area contributed by atoms with Crippen LogP contribution in [0, 0.1) is 5.41 Å². The van der Waals surface area contributed by atoms with Crippen LogP contribution in [0.2, 0.25) is 5.02 Å². The standard InChI is InChI=1S/C22H28ClN3O3/c1-13(27)29-21-19-18(20(28)15-11-14(23)7-8-16(15)25-19)17(12-22(21,2)3)24-9-6-10-26(4)5/h7-8,11,21H,6,9-10,12H2,1-5H3,(H,25,28). The number of hydrogen-bond acceptors (Lipinski definition) is 5. The lowest BCUT2D eigenvalue weighted by molar-refractivity contribution is -0.153. The molecule has 0 fully saturated rings. The maximum Gasteiger partial charge on any atom is 0.303 e. The Morgan fingerprint density at radius 2 is 2.10 bits per heavy atom. The number of benzene rings is 1. The first-order valence-corrected chi connectivity index (χ1v) is 10.2. The number of hydrogen-bond donors (Lipinski definition) is 1. The number of ether oxygens (including phenoxy) is 1. The highest BCUT2D eigenvalue weighted by Gasteiger charge is 2.43. The van der Waals surface area contributed by atoms with Gasteiger partial charge in [-0.25, -0.2) is 0 Å². The number of H-pyrrole nitrogens is 1. The number of aromatic amines is 1. The summed E-state index contributed by atoms with van der Waals surface area (Å²) in [4.78, 5) is 35.4. The molecule has 0 aliphatic heterocycles. The first-order valence-electron chi connectivity index (χ1n) is 9.81. The Labute approximate surface area is 175 Å². The second-order valence-electron chi connectivity index (χ2n) is 8.57. The van der Waals surface area contributed by atoms with E-state index in [0.717, 1.165) is 18.7 Å². The minimum absolute atomic E-state index is 0.129. The van der Waals surface area contributed by atoms with Gasteiger partial charge >= 0.3 is 5.97 Å². The van der Waals surface area contributed by atoms with Crippen LogP contribution >= 0.6 is 11.6 Å². The predicted octanol–water partition coefficient (Wildman–Crippen LogP) is 3.96. The van der Waals surface area contributed by atoms with Crippen LogP contribution in [0.4, 0.5) is 0 Å². The second-order valence-corrected chi connectivity index (χ2v) is 9.01. The molecule has 0 saturated carbocycles. The zero-order valence-corrected chi connectivity index (χ0v) is 18.4. The molecule has 29 heavy (non-hydrogen) atoms. The fourth-order valence-electron chi connectivity index (χ4n) is 3.88. The third kappa shape index (κ3) is 4.54. The van der Waals surface area contributed by atoms with Crippen LogP contribution in [-0.4, -0.2) is 48.7 Å². The normalized spacial score (nSPS) is 19.6. The Balaban J connectivity index is 2.18. The number of nitrogens with one attached hydrogen (secondary N) is 1. The fourth-order valence-corrected chi connectivity index (χ4v) is 4.06. The van der Waals surface area contributed by atoms with Gasteiger partial charge in [-0.2, -0.15) is 0 Å². The Morgan fingerprint density at radius 3 is 2.76 bits per heavy atom. The fraction of sp³-hybridized carbons (Fsp3) is 0.500. The Bertz CT molecular complexity index is 1020. The van der Waals surface area contributed by atoms with Crippen LogP contribution in [0.1, 0.15) is 51.0 Å². The first-order chi connectivity index (χ1) is 13.6. The summed E-state index contributed by atoms with van der Waals surface area (Å²) in [5.74, 6) is -0.377. The summed E-state index contributed by atoms with van der Waals surface area (Å²) < 4.78 is 5.67. The molecule has 1 N–H and O–H groups in total. The van der Waals surface area contributed by atoms with Crippen LogP contribution in [0.5, 0.6) is 0 Å². The van der Waals surface area contributed by atoms with Gasteiger partial charge in [0.2, 0.25) is 0 Å². The quantitative estimate of drug-likeness (QED) is 0.590. The van der Waals surface area contributed by atoms with Crippen molar-refractivity contribution in [3.8, 4) is 0 Å². The van der Waals surface area contributed by atoms with E-state index >= 15 is 0 Å². The van der Waals surface area contributed by atoms with Crippen molar-refractivity contribution in [3.05, 3.63) is 44.7 Å². The number of carbonyl (C=O) groups is 1. The summed E-state index contributed by atoms with van der Waals surface area (Å²) in [6, 6.07) is 5.18. The molecular weight excluding hydrogens is 390 g/mol. The van der Waals surface area contributed by atoms with Crippen molar-refractivity contribution in [2.75, 3.05) is 27.2 Å². The van der Waals surface area contributed by atoms with Crippen LogP contribution in [0.15, 0.2) is 28.0 Å². The van der Waals surface area contributed by atoms with Crippen LogP contribution in [0.25, 0.3) is 10.9 Å². The molecule has 1 aliphatic carbocycles. The summed E-state index contributed by atoms with van der Waals surface area (Å²) in [5.41, 5.74) is 2.02. The molecule has 1 aromatic heterocycles. The highest BCUT2D eigenvalue weighted by molar-refractivity contribution is 6.31. The number of carbonyl (C=O) groups excluding carboxylic acids is 1. The molecule has 7 heteroatoms. The van der Waals surface area contributed by atoms with Gasteiger partial charge in [-0.15, -0.1) is 0 Å². The minimum atomic E-state index is -0.552. The van der Waals surface area contributed by atoms with Crippen molar-refractivity contribution >= 4 is 34.2 Å². The van der Waals surface area contributed by atoms with Gasteiger partial charge in [0.05, 0.1) is 11.3 Å². The van der Waals surface area contributed by atoms with E-state index in [9.17, 15) is 9.59 Å². The highest BCUT2D eigenvalue weighted by Crippen LogP contribution is 2.45. The largest absolute Gasteiger partial charge is 0.456 e. The van der Waals surface area contributed by atoms with Crippen molar-refractivity contribution in [2.45, 2.75) is 39.7 Å². The molecule has 0 spiro atoms. The SMILES string of the molecule is CC(=O)OC1c2[nH]c3ccc(Cl)cc3c(=O)c2C(=NCCCN(C)C)CC1(C)C. The summed E-state index contributed by atoms with van der Waals surface area (Å²) >= 11 is 6.13. The second kappa shape index (κ2) is 8.28. The molecule has 1 heterocycles. The van der Waals surface area contributed by atoms with Gasteiger partial charge in [-0.1, -0.05) is 25.4 Å². The third-order valence-electron chi connectivity index (χ3n) is 5.23. The van der Waals surface area contributed by atoms with Crippen LogP contribution in [0.3, 0.4) is 0 Å². The number of aromatic nitrogens is 1. The lowest BCUT2D eigenvalue weighted by atomic mass is 9.72. The average Bonchev–Trinajstić information content (AvgIpc) is 2.61. The van der Waals surface area contributed by atoms with E-state index in [1.54, 1.807) is 18.2 Å². The number of rotatable bonds is 5. The molecule has 156 valence electrons. The number of nitrogens with zero attached hydrogens (tertiary/aromatic N) is 2. The van der Waals surface area contributed by atoms with Gasteiger partial charge in [-0.3, -0.25) is 14.6 Å². The van der Waals surface area contributed by atoms with Gasteiger partial charge < -0.3 is 14.6 Å². The highest BCUT2D eigenvalue weighted by atomic mass is 35.5. The lowest BCUT2D eigenvalue weighted by Gasteiger charge is -2.39. The van der Waals surface area contributed by atoms with Gasteiger partial charge in [-0.05, 0) is 51.7 Å². The van der Waals surface area contributed by atoms with Crippen molar-refractivity contribution in [3.63, 3.8) is 0 Å². The van der Waals surface area contributed by atoms with E-state index in [0.29, 0.717) is 40.1 Å². The molecular formula is C22H28ClN3O3. The van der Waals surface area contributed by atoms with Gasteiger partial charge in [0.15, 0.2) is 5.43 Å². The molecule has 0 bridgehead atoms. The molecule has 1 aromatic carbocycles. The summed E-state index contributed by atoms with van der Waals surface area (Å²) in [6.07, 6.45) is 0.898. The maximum absolute atomic E-state index is 13.4. The predicted molar refractivity (Wildman–Crippen MR) is 117 cm³/mol. The molecule has 0 radical (unpaired) electrons. The molecule has 6 nitrogen and oxygen atoms in total. The van der Waals surface area contributed by atoms with E-state index in [1.165, 1.54) is 6.92 Å². The molecule has 2 aromatic rings. The summed E-state index contributed by atoms with van der Waals surface area (Å²) in [6.45, 7) is 7.01. The number of aliphatic imine (C=N–C) groups is 1. The lowest BCUT2D eigenvalue weighted by Crippen LogP contribution is -2.39. The maximum atomic E-state index is 13.4. The topological polar surface area (TPSA) is 74.8 Å². The smallest absolute Gasteiger partial charge is 0.303 e. The van der Waals surface area contributed by atoms with E-state index < -0.39 is 11.5 Å². The molecule has 0 saturated heterocycles. The zero-order valence-electron chi connectivity index (χ0n) is 17.6. The minimum Gasteiger partial charge on any atom is -0.456 e. The van der Waals surface area contributed by atoms with Crippen molar-refractivity contribution in [1.82, 2.24) is 9.88 Å². The van der Waals surface area contributed by atoms with E-state index in [4.69, 9.17) is 21.3 Å². The summed E-state index contributed by atoms with van der Waals surface area (Å²) in [5, 5.41) is 1.01. The number of pyridine rings is 1. The number of esters is 1. The van der Waals surface area contributed by atoms with Crippen molar-refractivity contribution in [1.29, 1.82) is 0 Å². The first kappa shape index (κ1) is 21.5. The van der Waals surface area contributed by atoms with Gasteiger partial charge in [0.1, 0.15) is 6.10 Å². The molecule has 3 rings (SSSR count). The Morgan fingerprint density at radius 1 is 1.38 bits per heavy atom. The zero-order chi connectivity index (χ0) is 21.3. The van der Waals surface area contributed by atoms with E-state index in [-0.39, 0.29) is 11.4 Å². The van der Waals surface area contributed by atoms with Crippen molar-refractivity contribution in [2.24, 2.45) is 10.4 Å². The van der Waals surface area contributed by atoms with Crippen molar-refractivity contribution < 1.29 is 9.53 Å². The number of fused-ring (bicyclic) bond motifs is 2. The Hall–Kier alpha value is -2.18. The number of halogens is 1. The van der Waals surface area contributed by atoms with Crippen LogP contribution < -0.4 is 5.43 Å². The van der Waals surface area contributed by atoms with Crippen LogP contribution in [-0.2, 0) is 9.53 Å². The average molecular weight is 418 g/mol. The monoisotopic (exact) mass is 417 g/mol. The van der Waals surface area contributed by atoms with Gasteiger partial charge in [0, 0.05) is 40.5 Å². The molecule has 1 unspecified atom stereocenters. The van der Waals surface area contributed by atoms with Gasteiger partial charge in [0.25, 0.3) is 0 Å². The molecule has 1 aliphatic rings. The molecule has 0 amide bonds.